The van der Waals surface area contributed by atoms with Crippen molar-refractivity contribution in [1.82, 2.24) is 0 Å². The monoisotopic (exact) mass is 192 g/mol. The van der Waals surface area contributed by atoms with Gasteiger partial charge in [-0.25, -0.2) is 4.79 Å². The third-order valence-corrected chi connectivity index (χ3v) is 1.14. The standard InChI is InChI=1S/C8H16O5/c1-3-12-8(9)13-7-6-11-5-4-10-2/h3-7H2,1-2H3. The maximum Gasteiger partial charge on any atom is 0.508 e. The van der Waals surface area contributed by atoms with E-state index in [0.29, 0.717) is 26.4 Å². The fourth-order valence-electron chi connectivity index (χ4n) is 0.588. The highest BCUT2D eigenvalue weighted by Crippen LogP contribution is 1.85. The number of hydrogen-bond donors (Lipinski definition) is 0. The van der Waals surface area contributed by atoms with Gasteiger partial charge in [-0.2, -0.15) is 0 Å². The second-order valence-corrected chi connectivity index (χ2v) is 2.14. The molecular formula is C8H16O5. The van der Waals surface area contributed by atoms with Gasteiger partial charge in [0.15, 0.2) is 0 Å². The van der Waals surface area contributed by atoms with Crippen LogP contribution in [0.2, 0.25) is 0 Å². The summed E-state index contributed by atoms with van der Waals surface area (Å²) < 4.78 is 19.0. The van der Waals surface area contributed by atoms with E-state index in [9.17, 15) is 4.79 Å². The highest BCUT2D eigenvalue weighted by Gasteiger charge is 2.00. The average Bonchev–Trinajstić information content (AvgIpc) is 2.11. The number of carbonyl (C=O) groups is 1. The van der Waals surface area contributed by atoms with E-state index in [-0.39, 0.29) is 6.61 Å². The Morgan fingerprint density at radius 1 is 1.08 bits per heavy atom. The summed E-state index contributed by atoms with van der Waals surface area (Å²) in [6, 6.07) is 0. The van der Waals surface area contributed by atoms with Crippen LogP contribution in [0, 0.1) is 0 Å². The summed E-state index contributed by atoms with van der Waals surface area (Å²) in [6.45, 7) is 3.66. The SMILES string of the molecule is CCOC(=O)OCCOCCOC. The molecule has 0 aromatic heterocycles. The van der Waals surface area contributed by atoms with Gasteiger partial charge in [0.05, 0.1) is 26.4 Å². The van der Waals surface area contributed by atoms with Gasteiger partial charge in [0.25, 0.3) is 0 Å². The molecule has 0 aliphatic heterocycles. The van der Waals surface area contributed by atoms with Gasteiger partial charge in [-0.1, -0.05) is 0 Å². The van der Waals surface area contributed by atoms with Crippen molar-refractivity contribution >= 4 is 6.16 Å². The van der Waals surface area contributed by atoms with Gasteiger partial charge in [-0.15, -0.1) is 0 Å². The van der Waals surface area contributed by atoms with E-state index in [1.54, 1.807) is 14.0 Å². The molecule has 0 bridgehead atoms. The number of carbonyl (C=O) groups excluding carboxylic acids is 1. The van der Waals surface area contributed by atoms with Crippen molar-refractivity contribution in [3.63, 3.8) is 0 Å². The van der Waals surface area contributed by atoms with Crippen LogP contribution in [0.3, 0.4) is 0 Å². The van der Waals surface area contributed by atoms with Crippen LogP contribution < -0.4 is 0 Å². The molecule has 5 nitrogen and oxygen atoms in total. The zero-order chi connectivity index (χ0) is 9.94. The number of ether oxygens (including phenoxy) is 4. The maximum absolute atomic E-state index is 10.6. The minimum absolute atomic E-state index is 0.211. The van der Waals surface area contributed by atoms with E-state index in [4.69, 9.17) is 9.47 Å². The molecule has 0 unspecified atom stereocenters. The lowest BCUT2D eigenvalue weighted by Crippen LogP contribution is -2.13. The normalized spacial score (nSPS) is 9.69. The molecule has 0 saturated carbocycles. The Morgan fingerprint density at radius 2 is 1.77 bits per heavy atom. The zero-order valence-electron chi connectivity index (χ0n) is 8.08. The predicted octanol–water partition coefficient (Wildman–Crippen LogP) is 0.823. The second-order valence-electron chi connectivity index (χ2n) is 2.14. The predicted molar refractivity (Wildman–Crippen MR) is 45.7 cm³/mol. The minimum Gasteiger partial charge on any atom is -0.435 e. The first-order valence-corrected chi connectivity index (χ1v) is 4.17. The third kappa shape index (κ3) is 9.10. The van der Waals surface area contributed by atoms with Crippen LogP contribution in [0.4, 0.5) is 4.79 Å². The van der Waals surface area contributed by atoms with Crippen LogP contribution in [0.15, 0.2) is 0 Å². The smallest absolute Gasteiger partial charge is 0.435 e. The first kappa shape index (κ1) is 12.2. The zero-order valence-corrected chi connectivity index (χ0v) is 8.08. The molecule has 0 fully saturated rings. The van der Waals surface area contributed by atoms with Crippen molar-refractivity contribution in [2.24, 2.45) is 0 Å². The third-order valence-electron chi connectivity index (χ3n) is 1.14. The molecule has 0 radical (unpaired) electrons. The lowest BCUT2D eigenvalue weighted by atomic mass is 10.7. The molecule has 78 valence electrons. The Labute approximate surface area is 77.9 Å². The Balaban J connectivity index is 3.02. The van der Waals surface area contributed by atoms with Crippen LogP contribution in [0.1, 0.15) is 6.92 Å². The summed E-state index contributed by atoms with van der Waals surface area (Å²) in [4.78, 5) is 10.6. The highest BCUT2D eigenvalue weighted by atomic mass is 16.7. The molecule has 0 saturated heterocycles. The number of hydrogen-bond acceptors (Lipinski definition) is 5. The molecule has 0 spiro atoms. The highest BCUT2D eigenvalue weighted by molar-refractivity contribution is 5.59. The van der Waals surface area contributed by atoms with Crippen LogP contribution in [-0.4, -0.2) is 46.3 Å². The van der Waals surface area contributed by atoms with E-state index in [2.05, 4.69) is 9.47 Å². The first-order chi connectivity index (χ1) is 6.31. The Bertz CT molecular complexity index is 126. The minimum atomic E-state index is -0.655. The molecule has 0 amide bonds. The van der Waals surface area contributed by atoms with Gasteiger partial charge in [-0.3, -0.25) is 0 Å². The summed E-state index contributed by atoms with van der Waals surface area (Å²) >= 11 is 0. The molecule has 0 aliphatic rings. The molecule has 0 aromatic rings. The van der Waals surface area contributed by atoms with E-state index in [0.717, 1.165) is 0 Å². The van der Waals surface area contributed by atoms with Crippen molar-refractivity contribution in [3.8, 4) is 0 Å². The fraction of sp³-hybridized carbons (Fsp3) is 0.875. The van der Waals surface area contributed by atoms with Gasteiger partial charge in [0.1, 0.15) is 6.61 Å². The van der Waals surface area contributed by atoms with E-state index < -0.39 is 6.16 Å². The van der Waals surface area contributed by atoms with Crippen LogP contribution in [0.25, 0.3) is 0 Å². The second kappa shape index (κ2) is 9.28. The maximum atomic E-state index is 10.6. The molecular weight excluding hydrogens is 176 g/mol. The Hall–Kier alpha value is -0.810. The number of methoxy groups -OCH3 is 1. The van der Waals surface area contributed by atoms with Gasteiger partial charge in [0.2, 0.25) is 0 Å². The van der Waals surface area contributed by atoms with Crippen LogP contribution >= 0.6 is 0 Å². The summed E-state index contributed by atoms with van der Waals surface area (Å²) in [5.41, 5.74) is 0. The van der Waals surface area contributed by atoms with E-state index >= 15 is 0 Å². The van der Waals surface area contributed by atoms with Gasteiger partial charge in [-0.05, 0) is 6.92 Å². The summed E-state index contributed by atoms with van der Waals surface area (Å²) in [5.74, 6) is 0. The molecule has 0 aliphatic carbocycles. The molecule has 0 N–H and O–H groups in total. The molecule has 0 aromatic carbocycles. The molecule has 0 atom stereocenters. The lowest BCUT2D eigenvalue weighted by Gasteiger charge is -2.04. The van der Waals surface area contributed by atoms with Crippen molar-refractivity contribution in [2.45, 2.75) is 6.92 Å². The topological polar surface area (TPSA) is 54.0 Å². The molecule has 0 rings (SSSR count). The molecule has 13 heavy (non-hydrogen) atoms. The van der Waals surface area contributed by atoms with Crippen molar-refractivity contribution in [3.05, 3.63) is 0 Å². The number of rotatable bonds is 7. The van der Waals surface area contributed by atoms with Gasteiger partial charge in [0, 0.05) is 7.11 Å². The summed E-state index contributed by atoms with van der Waals surface area (Å²) in [6.07, 6.45) is -0.655. The van der Waals surface area contributed by atoms with Crippen molar-refractivity contribution < 1.29 is 23.7 Å². The van der Waals surface area contributed by atoms with E-state index in [1.165, 1.54) is 0 Å². The lowest BCUT2D eigenvalue weighted by molar-refractivity contribution is 0.0172. The largest absolute Gasteiger partial charge is 0.508 e. The van der Waals surface area contributed by atoms with Gasteiger partial charge >= 0.3 is 6.16 Å². The Kier molecular flexibility index (Phi) is 8.70. The van der Waals surface area contributed by atoms with Crippen LogP contribution in [-0.2, 0) is 18.9 Å². The van der Waals surface area contributed by atoms with Gasteiger partial charge < -0.3 is 18.9 Å². The van der Waals surface area contributed by atoms with Crippen LogP contribution in [0.5, 0.6) is 0 Å². The first-order valence-electron chi connectivity index (χ1n) is 4.17. The van der Waals surface area contributed by atoms with Crippen molar-refractivity contribution in [2.75, 3.05) is 40.1 Å². The molecule has 0 heterocycles. The average molecular weight is 192 g/mol. The fourth-order valence-corrected chi connectivity index (χ4v) is 0.588. The van der Waals surface area contributed by atoms with E-state index in [1.807, 2.05) is 0 Å². The quantitative estimate of drug-likeness (QED) is 0.441. The summed E-state index contributed by atoms with van der Waals surface area (Å²) in [7, 11) is 1.60. The van der Waals surface area contributed by atoms with Crippen molar-refractivity contribution in [1.29, 1.82) is 0 Å². The summed E-state index contributed by atoms with van der Waals surface area (Å²) in [5, 5.41) is 0. The Morgan fingerprint density at radius 3 is 2.38 bits per heavy atom. The molecule has 5 heteroatoms.